The Kier molecular flexibility index (Phi) is 25.1. The molecule has 33 heteroatoms. The molecule has 13 rings (SSSR count). The van der Waals surface area contributed by atoms with E-state index in [9.17, 15) is 16.8 Å². The molecule has 0 bridgehead atoms. The van der Waals surface area contributed by atoms with Crippen molar-refractivity contribution in [3.05, 3.63) is 198 Å². The number of hydrogen-bond donors (Lipinski definition) is 6. The first-order valence-corrected chi connectivity index (χ1v) is 43.4. The zero-order valence-electron chi connectivity index (χ0n) is 60.3. The van der Waals surface area contributed by atoms with Crippen LogP contribution in [0.1, 0.15) is 111 Å². The number of hydrogen-bond acceptors (Lipinski definition) is 21. The normalized spacial score (nSPS) is 17.4. The van der Waals surface area contributed by atoms with Gasteiger partial charge >= 0.3 is 0 Å². The summed E-state index contributed by atoms with van der Waals surface area (Å²) >= 11 is 3.70. The Balaban J connectivity index is 0.924. The van der Waals surface area contributed by atoms with Gasteiger partial charge in [0.1, 0.15) is 30.5 Å². The average molecular weight is 1580 g/mol. The standard InChI is InChI=1S/C75H90N18O9S6/c1-52-23-29-59(30-24-52)106(97,98)85-62(20-10-13-37-76-70-82-103-73-79-40-45-90(70)73)67(94)88-43-35-57(48-55-16-6-4-7-17-55)50-65(88)93(69(96)64(87-108(101,102)61-33-27-54(3)28-34-61)22-12-15-39-78-72-84-105-75-81-42-47-92(72)75)66-51-58(49-56-18-8-5-9-19-56)36-44-89(66)68(95)63(86-107(99,100)60-31-25-53(2)26-32-60)21-11-14-38-77-71-83-104-74-80-41-46-91(71)74/h4-9,16-19,23-34,40-42,45-47,57-58,62-66,85-87H,10-15,20-22,35-39,43-44,48-51H2,1-3H3,(H,76,82)(H,77,83)(H,78,84)/t57?,58?,62-,63-,64-,65?,66?/m0/s1. The van der Waals surface area contributed by atoms with Crippen LogP contribution in [0.5, 0.6) is 0 Å². The molecule has 0 aliphatic carbocycles. The van der Waals surface area contributed by atoms with Crippen LogP contribution in [-0.2, 0) is 57.3 Å². The molecular formula is C75H90N18O9S6. The number of sulfonamides is 3. The lowest BCUT2D eigenvalue weighted by molar-refractivity contribution is -0.170. The summed E-state index contributed by atoms with van der Waals surface area (Å²) < 4.78 is 118. The predicted octanol–water partition coefficient (Wildman–Crippen LogP) is 10.6. The van der Waals surface area contributed by atoms with E-state index in [0.717, 1.165) is 27.8 Å². The molecule has 108 heavy (non-hydrogen) atoms. The number of aromatic nitrogens is 9. The summed E-state index contributed by atoms with van der Waals surface area (Å²) in [4.78, 5) is 70.6. The van der Waals surface area contributed by atoms with Gasteiger partial charge in [-0.05, 0) is 176 Å². The van der Waals surface area contributed by atoms with Crippen molar-refractivity contribution in [2.45, 2.75) is 162 Å². The number of nitrogens with zero attached hydrogens (tertiary/aromatic N) is 12. The molecule has 0 saturated carbocycles. The van der Waals surface area contributed by atoms with Crippen LogP contribution in [0.2, 0.25) is 0 Å². The Morgan fingerprint density at radius 1 is 0.444 bits per heavy atom. The maximum atomic E-state index is 17.5. The van der Waals surface area contributed by atoms with Gasteiger partial charge in [0, 0.05) is 105 Å². The van der Waals surface area contributed by atoms with Crippen LogP contribution in [0, 0.1) is 32.6 Å². The number of piperidine rings is 2. The Morgan fingerprint density at radius 3 is 1.11 bits per heavy atom. The highest BCUT2D eigenvalue weighted by molar-refractivity contribution is 7.90. The minimum absolute atomic E-state index is 0.0111. The van der Waals surface area contributed by atoms with Crippen LogP contribution in [0.25, 0.3) is 14.9 Å². The molecule has 2 aliphatic heterocycles. The summed E-state index contributed by atoms with van der Waals surface area (Å²) in [6.45, 7) is 6.74. The SMILES string of the molecule is Cc1ccc(S(=O)(=O)N[C@@H](CCCCNc2nsc3nccn23)C(=O)N2CCC(Cc3ccccc3)CC2N(C(=O)[C@H](CCCCNc2nsc3nccn23)NS(=O)(=O)c2ccc(C)cc2)C2CC(Cc3ccccc3)CCN2C(=O)[C@H](CCCCNc2nsc3nccn23)NS(=O)(=O)c2ccc(C)cc2)cc1. The van der Waals surface area contributed by atoms with E-state index in [1.807, 2.05) is 94.6 Å². The average Bonchev–Trinajstić information content (AvgIpc) is 1.08. The van der Waals surface area contributed by atoms with Crippen molar-refractivity contribution in [3.8, 4) is 0 Å². The van der Waals surface area contributed by atoms with Gasteiger partial charge in [-0.15, -0.1) is 0 Å². The first kappa shape index (κ1) is 77.1. The number of carbonyl (C=O) groups is 3. The molecule has 570 valence electrons. The molecule has 6 aromatic heterocycles. The van der Waals surface area contributed by atoms with E-state index < -0.39 is 78.2 Å². The van der Waals surface area contributed by atoms with Crippen molar-refractivity contribution in [2.24, 2.45) is 11.8 Å². The maximum Gasteiger partial charge on any atom is 0.244 e. The van der Waals surface area contributed by atoms with E-state index in [2.05, 4.69) is 58.2 Å². The van der Waals surface area contributed by atoms with Gasteiger partial charge in [-0.2, -0.15) is 27.3 Å². The van der Waals surface area contributed by atoms with Crippen molar-refractivity contribution in [1.29, 1.82) is 0 Å². The van der Waals surface area contributed by atoms with Gasteiger partial charge in [0.25, 0.3) is 0 Å². The molecule has 8 heterocycles. The van der Waals surface area contributed by atoms with Gasteiger partial charge in [0.2, 0.25) is 80.5 Å². The number of benzene rings is 5. The number of amides is 3. The van der Waals surface area contributed by atoms with Gasteiger partial charge in [0.05, 0.1) is 14.7 Å². The molecular weight excluding hydrogens is 1490 g/mol. The highest BCUT2D eigenvalue weighted by Crippen LogP contribution is 2.38. The maximum absolute atomic E-state index is 17.5. The summed E-state index contributed by atoms with van der Waals surface area (Å²) in [5.74, 6) is -0.753. The number of imidazole rings is 3. The Bertz CT molecular complexity index is 4940. The van der Waals surface area contributed by atoms with Crippen LogP contribution in [0.4, 0.5) is 17.8 Å². The summed E-state index contributed by atoms with van der Waals surface area (Å²) in [6.07, 6.45) is 12.2. The fourth-order valence-corrected chi connectivity index (χ4v) is 20.0. The monoisotopic (exact) mass is 1580 g/mol. The third kappa shape index (κ3) is 19.0. The van der Waals surface area contributed by atoms with Gasteiger partial charge in [-0.1, -0.05) is 114 Å². The number of anilines is 3. The molecule has 2 saturated heterocycles. The summed E-state index contributed by atoms with van der Waals surface area (Å²) in [6, 6.07) is 34.3. The number of fused-ring (bicyclic) bond motifs is 3. The summed E-state index contributed by atoms with van der Waals surface area (Å²) in [5, 5.41) is 10.1. The number of nitrogens with one attached hydrogen (secondary N) is 6. The van der Waals surface area contributed by atoms with E-state index in [4.69, 9.17) is 0 Å². The molecule has 0 radical (unpaired) electrons. The second kappa shape index (κ2) is 35.1. The third-order valence-corrected chi connectivity index (χ3v) is 26.7. The molecule has 11 aromatic rings. The van der Waals surface area contributed by atoms with Gasteiger partial charge in [-0.3, -0.25) is 27.6 Å². The van der Waals surface area contributed by atoms with Crippen LogP contribution in [0.3, 0.4) is 0 Å². The Hall–Kier alpha value is -9.06. The number of unbranched alkanes of at least 4 members (excludes halogenated alkanes) is 3. The lowest BCUT2D eigenvalue weighted by atomic mass is 9.84. The van der Waals surface area contributed by atoms with Gasteiger partial charge in [-0.25, -0.2) is 40.2 Å². The van der Waals surface area contributed by atoms with E-state index in [0.29, 0.717) is 110 Å². The number of carbonyl (C=O) groups excluding carboxylic acids is 3. The molecule has 27 nitrogen and oxygen atoms in total. The largest absolute Gasteiger partial charge is 0.355 e. The third-order valence-electron chi connectivity index (χ3n) is 20.1. The summed E-state index contributed by atoms with van der Waals surface area (Å²) in [7, 11) is -13.4. The Labute approximate surface area is 641 Å². The molecule has 7 atom stereocenters. The first-order chi connectivity index (χ1) is 52.2. The summed E-state index contributed by atoms with van der Waals surface area (Å²) in [5.41, 5.74) is 4.43. The van der Waals surface area contributed by atoms with Crippen LogP contribution >= 0.6 is 34.6 Å². The van der Waals surface area contributed by atoms with Gasteiger partial charge in [0.15, 0.2) is 0 Å². The Morgan fingerprint density at radius 2 is 0.769 bits per heavy atom. The second-order valence-electron chi connectivity index (χ2n) is 27.9. The van der Waals surface area contributed by atoms with E-state index in [-0.39, 0.29) is 78.1 Å². The number of aryl methyl sites for hydroxylation is 3. The first-order valence-electron chi connectivity index (χ1n) is 36.6. The minimum Gasteiger partial charge on any atom is -0.355 e. The molecule has 5 aromatic carbocycles. The van der Waals surface area contributed by atoms with Crippen LogP contribution in [-0.4, -0.2) is 162 Å². The van der Waals surface area contributed by atoms with Crippen LogP contribution in [0.15, 0.2) is 185 Å². The van der Waals surface area contributed by atoms with E-state index in [1.54, 1.807) is 88.3 Å². The zero-order valence-corrected chi connectivity index (χ0v) is 65.2. The highest BCUT2D eigenvalue weighted by Gasteiger charge is 2.49. The van der Waals surface area contributed by atoms with Crippen molar-refractivity contribution in [1.82, 2.24) is 70.1 Å². The van der Waals surface area contributed by atoms with Gasteiger partial charge < -0.3 is 30.7 Å². The van der Waals surface area contributed by atoms with Crippen molar-refractivity contribution < 1.29 is 39.6 Å². The molecule has 0 spiro atoms. The number of rotatable bonds is 36. The minimum atomic E-state index is -4.55. The predicted molar refractivity (Wildman–Crippen MR) is 419 cm³/mol. The quantitative estimate of drug-likeness (QED) is 0.0199. The van der Waals surface area contributed by atoms with E-state index >= 15 is 22.8 Å². The molecule has 3 amide bonds. The fraction of sp³-hybridized carbons (Fsp3) is 0.400. The lowest BCUT2D eigenvalue weighted by Gasteiger charge is -2.53. The fourth-order valence-electron chi connectivity index (χ4n) is 14.3. The molecule has 4 unspecified atom stereocenters. The zero-order chi connectivity index (χ0) is 75.4. The smallest absolute Gasteiger partial charge is 0.244 e. The second-order valence-corrected chi connectivity index (χ2v) is 35.2. The van der Waals surface area contributed by atoms with Crippen molar-refractivity contribution >= 4 is 115 Å². The van der Waals surface area contributed by atoms with Crippen molar-refractivity contribution in [3.63, 3.8) is 0 Å². The number of likely N-dealkylation sites (tertiary alicyclic amines) is 2. The molecule has 6 N–H and O–H groups in total. The van der Waals surface area contributed by atoms with Crippen molar-refractivity contribution in [2.75, 3.05) is 48.7 Å². The molecule has 2 aliphatic rings. The topological polar surface area (TPSA) is 326 Å². The van der Waals surface area contributed by atoms with E-state index in [1.165, 1.54) is 71.0 Å². The highest BCUT2D eigenvalue weighted by atomic mass is 32.2. The lowest BCUT2D eigenvalue weighted by Crippen LogP contribution is -2.69. The molecule has 2 fully saturated rings. The van der Waals surface area contributed by atoms with Crippen LogP contribution < -0.4 is 30.1 Å².